The monoisotopic (exact) mass is 267 g/mol. The molecular weight excluding hydrogens is 253 g/mol. The van der Waals surface area contributed by atoms with E-state index in [0.717, 1.165) is 23.1 Å². The van der Waals surface area contributed by atoms with Crippen molar-refractivity contribution in [2.75, 3.05) is 11.9 Å². The van der Waals surface area contributed by atoms with Crippen LogP contribution in [0.2, 0.25) is 0 Å². The molecule has 4 nitrogen and oxygen atoms in total. The molecule has 0 aliphatic heterocycles. The Kier molecular flexibility index (Phi) is 4.46. The fraction of sp³-hybridized carbons (Fsp3) is 0.333. The summed E-state index contributed by atoms with van der Waals surface area (Å²) in [6.45, 7) is 3.17. The fourth-order valence-corrected chi connectivity index (χ4v) is 2.00. The van der Waals surface area contributed by atoms with Gasteiger partial charge in [0.1, 0.15) is 6.61 Å². The van der Waals surface area contributed by atoms with E-state index in [9.17, 15) is 4.39 Å². The molecule has 2 aromatic rings. The molecule has 1 N–H and O–H groups in total. The summed E-state index contributed by atoms with van der Waals surface area (Å²) in [5, 5.41) is 12.6. The molecule has 0 spiro atoms. The molecule has 0 fully saturated rings. The molecule has 6 heteroatoms. The molecule has 0 saturated carbocycles. The third-order valence-corrected chi connectivity index (χ3v) is 3.04. The maximum absolute atomic E-state index is 13.3. The number of ether oxygens (including phenoxy) is 1. The van der Waals surface area contributed by atoms with Crippen molar-refractivity contribution in [1.29, 1.82) is 0 Å². The Morgan fingerprint density at radius 1 is 1.33 bits per heavy atom. The first-order chi connectivity index (χ1) is 8.79. The second-order valence-corrected chi connectivity index (χ2v) is 4.71. The van der Waals surface area contributed by atoms with E-state index in [2.05, 4.69) is 22.4 Å². The number of rotatable bonds is 6. The van der Waals surface area contributed by atoms with Gasteiger partial charge in [-0.3, -0.25) is 0 Å². The first kappa shape index (κ1) is 12.8. The van der Waals surface area contributed by atoms with Crippen LogP contribution in [-0.2, 0) is 6.61 Å². The van der Waals surface area contributed by atoms with Crippen molar-refractivity contribution in [1.82, 2.24) is 10.2 Å². The van der Waals surface area contributed by atoms with Crippen LogP contribution in [0.15, 0.2) is 24.3 Å². The Balaban J connectivity index is 1.90. The van der Waals surface area contributed by atoms with Crippen molar-refractivity contribution < 1.29 is 9.13 Å². The van der Waals surface area contributed by atoms with Gasteiger partial charge in [-0.05, 0) is 18.6 Å². The van der Waals surface area contributed by atoms with Gasteiger partial charge in [-0.25, -0.2) is 4.39 Å². The van der Waals surface area contributed by atoms with E-state index in [4.69, 9.17) is 4.74 Å². The van der Waals surface area contributed by atoms with Crippen molar-refractivity contribution in [3.8, 4) is 5.75 Å². The standard InChI is InChI=1S/C12H14FN3OS/c1-2-7-14-12-16-15-11(18-12)8-17-10-6-4-3-5-9(10)13/h3-6H,2,7-8H2,1H3,(H,14,16). The van der Waals surface area contributed by atoms with Gasteiger partial charge in [0.2, 0.25) is 5.13 Å². The fourth-order valence-electron chi connectivity index (χ4n) is 1.32. The van der Waals surface area contributed by atoms with E-state index >= 15 is 0 Å². The molecule has 0 bridgehead atoms. The third-order valence-electron chi connectivity index (χ3n) is 2.18. The molecule has 0 radical (unpaired) electrons. The minimum atomic E-state index is -0.369. The first-order valence-electron chi connectivity index (χ1n) is 5.73. The molecule has 2 rings (SSSR count). The van der Waals surface area contributed by atoms with Gasteiger partial charge in [-0.2, -0.15) is 0 Å². The van der Waals surface area contributed by atoms with Crippen LogP contribution in [0.4, 0.5) is 9.52 Å². The van der Waals surface area contributed by atoms with Crippen LogP contribution in [0.1, 0.15) is 18.4 Å². The molecule has 0 saturated heterocycles. The van der Waals surface area contributed by atoms with Gasteiger partial charge < -0.3 is 10.1 Å². The lowest BCUT2D eigenvalue weighted by molar-refractivity contribution is 0.289. The zero-order valence-electron chi connectivity index (χ0n) is 10.0. The Morgan fingerprint density at radius 2 is 2.17 bits per heavy atom. The zero-order valence-corrected chi connectivity index (χ0v) is 10.8. The van der Waals surface area contributed by atoms with Crippen LogP contribution in [0.5, 0.6) is 5.75 Å². The molecule has 18 heavy (non-hydrogen) atoms. The highest BCUT2D eigenvalue weighted by molar-refractivity contribution is 7.15. The highest BCUT2D eigenvalue weighted by atomic mass is 32.1. The summed E-state index contributed by atoms with van der Waals surface area (Å²) in [5.74, 6) is -0.137. The maximum Gasteiger partial charge on any atom is 0.205 e. The molecule has 0 aliphatic carbocycles. The molecule has 0 unspecified atom stereocenters. The topological polar surface area (TPSA) is 47.0 Å². The van der Waals surface area contributed by atoms with Crippen LogP contribution < -0.4 is 10.1 Å². The zero-order chi connectivity index (χ0) is 12.8. The number of hydrogen-bond acceptors (Lipinski definition) is 5. The largest absolute Gasteiger partial charge is 0.483 e. The van der Waals surface area contributed by atoms with Gasteiger partial charge >= 0.3 is 0 Å². The highest BCUT2D eigenvalue weighted by Gasteiger charge is 2.06. The minimum Gasteiger partial charge on any atom is -0.483 e. The summed E-state index contributed by atoms with van der Waals surface area (Å²) < 4.78 is 18.6. The molecule has 1 aromatic heterocycles. The number of hydrogen-bond donors (Lipinski definition) is 1. The summed E-state index contributed by atoms with van der Waals surface area (Å²) in [5.41, 5.74) is 0. The molecule has 0 atom stereocenters. The van der Waals surface area contributed by atoms with Crippen molar-refractivity contribution in [2.24, 2.45) is 0 Å². The van der Waals surface area contributed by atoms with Crippen LogP contribution in [0, 0.1) is 5.82 Å². The number of nitrogens with one attached hydrogen (secondary N) is 1. The van der Waals surface area contributed by atoms with Gasteiger partial charge in [0.15, 0.2) is 16.6 Å². The Labute approximate surface area is 109 Å². The summed E-state index contributed by atoms with van der Waals surface area (Å²) in [6, 6.07) is 6.31. The molecule has 0 aliphatic rings. The second kappa shape index (κ2) is 6.30. The van der Waals surface area contributed by atoms with Gasteiger partial charge in [0, 0.05) is 6.54 Å². The Morgan fingerprint density at radius 3 is 2.94 bits per heavy atom. The third kappa shape index (κ3) is 3.40. The van der Waals surface area contributed by atoms with E-state index in [1.54, 1.807) is 18.2 Å². The summed E-state index contributed by atoms with van der Waals surface area (Å²) in [4.78, 5) is 0. The Hall–Kier alpha value is -1.69. The predicted octanol–water partition coefficient (Wildman–Crippen LogP) is 3.08. The van der Waals surface area contributed by atoms with Crippen LogP contribution in [-0.4, -0.2) is 16.7 Å². The van der Waals surface area contributed by atoms with Crippen LogP contribution in [0.3, 0.4) is 0 Å². The molecule has 1 aromatic carbocycles. The highest BCUT2D eigenvalue weighted by Crippen LogP contribution is 2.20. The summed E-state index contributed by atoms with van der Waals surface area (Å²) >= 11 is 1.42. The molecular formula is C12H14FN3OS. The number of benzene rings is 1. The van der Waals surface area contributed by atoms with E-state index < -0.39 is 0 Å². The summed E-state index contributed by atoms with van der Waals surface area (Å²) in [7, 11) is 0. The van der Waals surface area contributed by atoms with Gasteiger partial charge in [-0.1, -0.05) is 30.4 Å². The number of halogens is 1. The van der Waals surface area contributed by atoms with Crippen molar-refractivity contribution in [3.05, 3.63) is 35.1 Å². The lowest BCUT2D eigenvalue weighted by Crippen LogP contribution is -1.98. The minimum absolute atomic E-state index is 0.229. The quantitative estimate of drug-likeness (QED) is 0.873. The molecule has 1 heterocycles. The smallest absolute Gasteiger partial charge is 0.205 e. The lowest BCUT2D eigenvalue weighted by Gasteiger charge is -2.03. The molecule has 0 amide bonds. The lowest BCUT2D eigenvalue weighted by atomic mass is 10.3. The van der Waals surface area contributed by atoms with Crippen molar-refractivity contribution in [3.63, 3.8) is 0 Å². The van der Waals surface area contributed by atoms with E-state index in [-0.39, 0.29) is 18.2 Å². The number of anilines is 1. The maximum atomic E-state index is 13.3. The van der Waals surface area contributed by atoms with Gasteiger partial charge in [0.25, 0.3) is 0 Å². The normalized spacial score (nSPS) is 10.3. The number of nitrogens with zero attached hydrogens (tertiary/aromatic N) is 2. The Bertz CT molecular complexity index is 504. The van der Waals surface area contributed by atoms with E-state index in [1.165, 1.54) is 17.4 Å². The SMILES string of the molecule is CCCNc1nnc(COc2ccccc2F)s1. The average Bonchev–Trinajstić information content (AvgIpc) is 2.83. The van der Waals surface area contributed by atoms with Gasteiger partial charge in [0.05, 0.1) is 0 Å². The number of para-hydroxylation sites is 1. The van der Waals surface area contributed by atoms with Crippen molar-refractivity contribution in [2.45, 2.75) is 20.0 Å². The molecule has 96 valence electrons. The van der Waals surface area contributed by atoms with Crippen molar-refractivity contribution >= 4 is 16.5 Å². The van der Waals surface area contributed by atoms with Gasteiger partial charge in [-0.15, -0.1) is 10.2 Å². The van der Waals surface area contributed by atoms with E-state index in [1.807, 2.05) is 0 Å². The van der Waals surface area contributed by atoms with Crippen LogP contribution >= 0.6 is 11.3 Å². The summed E-state index contributed by atoms with van der Waals surface area (Å²) in [6.07, 6.45) is 1.03. The first-order valence-corrected chi connectivity index (χ1v) is 6.55. The predicted molar refractivity (Wildman–Crippen MR) is 69.4 cm³/mol. The second-order valence-electron chi connectivity index (χ2n) is 3.65. The van der Waals surface area contributed by atoms with Crippen LogP contribution in [0.25, 0.3) is 0 Å². The van der Waals surface area contributed by atoms with E-state index in [0.29, 0.717) is 0 Å². The number of aromatic nitrogens is 2. The average molecular weight is 267 g/mol.